The standard InChI is InChI=1S/C17H15N3O4/c1-23-13-4-2-3-11(6-13)5-12-8-24-9-14(12)15(21)7-16(22)17-18-10-19-20-17/h2-4,6-10,22H,5H2,1H3,(H,18,19,20). The van der Waals surface area contributed by atoms with Gasteiger partial charge in [0.1, 0.15) is 18.3 Å². The first-order valence-electron chi connectivity index (χ1n) is 7.16. The molecule has 122 valence electrons. The zero-order chi connectivity index (χ0) is 16.9. The van der Waals surface area contributed by atoms with Gasteiger partial charge in [-0.05, 0) is 17.7 Å². The van der Waals surface area contributed by atoms with E-state index in [1.807, 2.05) is 24.3 Å². The molecule has 2 aromatic heterocycles. The van der Waals surface area contributed by atoms with Gasteiger partial charge in [0.05, 0.1) is 18.9 Å². The number of benzene rings is 1. The number of aromatic amines is 1. The number of aliphatic hydroxyl groups excluding tert-OH is 1. The highest BCUT2D eigenvalue weighted by Crippen LogP contribution is 2.20. The Balaban J connectivity index is 1.82. The van der Waals surface area contributed by atoms with Gasteiger partial charge in [-0.3, -0.25) is 9.89 Å². The number of nitrogens with zero attached hydrogens (tertiary/aromatic N) is 2. The fourth-order valence-electron chi connectivity index (χ4n) is 2.28. The molecule has 0 amide bonds. The maximum absolute atomic E-state index is 12.4. The van der Waals surface area contributed by atoms with Crippen molar-refractivity contribution in [3.05, 3.63) is 71.7 Å². The Labute approximate surface area is 137 Å². The molecular formula is C17H15N3O4. The summed E-state index contributed by atoms with van der Waals surface area (Å²) < 4.78 is 10.4. The Bertz CT molecular complexity index is 866. The number of hydrogen-bond acceptors (Lipinski definition) is 6. The number of ether oxygens (including phenoxy) is 1. The Morgan fingerprint density at radius 3 is 3.04 bits per heavy atom. The lowest BCUT2D eigenvalue weighted by atomic mass is 10.0. The van der Waals surface area contributed by atoms with Gasteiger partial charge in [0, 0.05) is 18.1 Å². The number of nitrogens with one attached hydrogen (secondary N) is 1. The number of hydrogen-bond donors (Lipinski definition) is 2. The van der Waals surface area contributed by atoms with Crippen LogP contribution in [0.1, 0.15) is 27.3 Å². The molecule has 0 atom stereocenters. The van der Waals surface area contributed by atoms with E-state index < -0.39 is 0 Å². The molecule has 1 aromatic carbocycles. The predicted molar refractivity (Wildman–Crippen MR) is 85.8 cm³/mol. The van der Waals surface area contributed by atoms with Crippen LogP contribution >= 0.6 is 0 Å². The quantitative estimate of drug-likeness (QED) is 0.410. The van der Waals surface area contributed by atoms with Gasteiger partial charge >= 0.3 is 0 Å². The summed E-state index contributed by atoms with van der Waals surface area (Å²) in [5.41, 5.74) is 2.07. The van der Waals surface area contributed by atoms with Crippen LogP contribution in [-0.2, 0) is 6.42 Å². The fraction of sp³-hybridized carbons (Fsp3) is 0.118. The minimum atomic E-state index is -0.385. The summed E-state index contributed by atoms with van der Waals surface area (Å²) in [6, 6.07) is 7.56. The number of ketones is 1. The minimum absolute atomic E-state index is 0.0567. The Hall–Kier alpha value is -3.35. The van der Waals surface area contributed by atoms with Crippen molar-refractivity contribution in [3.63, 3.8) is 0 Å². The average Bonchev–Trinajstić information content (AvgIpc) is 3.26. The SMILES string of the molecule is COc1cccc(Cc2cocc2C(=O)C=C(O)c2nc[nH]n2)c1. The van der Waals surface area contributed by atoms with Crippen LogP contribution in [0.3, 0.4) is 0 Å². The fourth-order valence-corrected chi connectivity index (χ4v) is 2.28. The molecule has 0 saturated carbocycles. The lowest BCUT2D eigenvalue weighted by molar-refractivity contribution is 0.104. The molecule has 24 heavy (non-hydrogen) atoms. The summed E-state index contributed by atoms with van der Waals surface area (Å²) >= 11 is 0. The second-order valence-corrected chi connectivity index (χ2v) is 5.06. The summed E-state index contributed by atoms with van der Waals surface area (Å²) in [5.74, 6) is 0.103. The first kappa shape index (κ1) is 15.5. The molecule has 2 heterocycles. The van der Waals surface area contributed by atoms with Crippen LogP contribution < -0.4 is 4.74 Å². The number of carbonyl (C=O) groups is 1. The molecule has 0 aliphatic carbocycles. The average molecular weight is 325 g/mol. The Morgan fingerprint density at radius 2 is 2.29 bits per heavy atom. The van der Waals surface area contributed by atoms with Crippen LogP contribution in [0.15, 0.2) is 53.6 Å². The molecule has 0 spiro atoms. The monoisotopic (exact) mass is 325 g/mol. The molecule has 2 N–H and O–H groups in total. The number of aromatic nitrogens is 3. The molecule has 0 fully saturated rings. The van der Waals surface area contributed by atoms with Crippen molar-refractivity contribution in [1.82, 2.24) is 15.2 Å². The molecule has 0 aliphatic heterocycles. The van der Waals surface area contributed by atoms with Gasteiger partial charge in [-0.15, -0.1) is 0 Å². The third-order valence-electron chi connectivity index (χ3n) is 3.45. The van der Waals surface area contributed by atoms with Crippen molar-refractivity contribution in [2.45, 2.75) is 6.42 Å². The number of H-pyrrole nitrogens is 1. The molecule has 0 unspecified atom stereocenters. The van der Waals surface area contributed by atoms with E-state index in [9.17, 15) is 9.90 Å². The molecule has 0 bridgehead atoms. The first-order valence-corrected chi connectivity index (χ1v) is 7.16. The minimum Gasteiger partial charge on any atom is -0.504 e. The van der Waals surface area contributed by atoms with Gasteiger partial charge < -0.3 is 14.3 Å². The largest absolute Gasteiger partial charge is 0.504 e. The summed E-state index contributed by atoms with van der Waals surface area (Å²) in [5, 5.41) is 16.1. The highest BCUT2D eigenvalue weighted by atomic mass is 16.5. The van der Waals surface area contributed by atoms with Crippen LogP contribution in [0.4, 0.5) is 0 Å². The van der Waals surface area contributed by atoms with Gasteiger partial charge in [-0.2, -0.15) is 5.10 Å². The van der Waals surface area contributed by atoms with Crippen molar-refractivity contribution < 1.29 is 19.1 Å². The molecule has 0 saturated heterocycles. The second-order valence-electron chi connectivity index (χ2n) is 5.06. The predicted octanol–water partition coefficient (Wildman–Crippen LogP) is 2.78. The molecule has 0 radical (unpaired) electrons. The molecule has 7 nitrogen and oxygen atoms in total. The number of rotatable bonds is 6. The molecule has 3 rings (SSSR count). The third-order valence-corrected chi connectivity index (χ3v) is 3.45. The van der Waals surface area contributed by atoms with Crippen LogP contribution in [0.2, 0.25) is 0 Å². The smallest absolute Gasteiger partial charge is 0.215 e. The van der Waals surface area contributed by atoms with Crippen molar-refractivity contribution in [2.24, 2.45) is 0 Å². The maximum Gasteiger partial charge on any atom is 0.215 e. The normalized spacial score (nSPS) is 11.5. The highest BCUT2D eigenvalue weighted by molar-refractivity contribution is 6.08. The van der Waals surface area contributed by atoms with Crippen molar-refractivity contribution in [3.8, 4) is 5.75 Å². The number of aliphatic hydroxyl groups is 1. The second kappa shape index (κ2) is 6.82. The zero-order valence-corrected chi connectivity index (χ0v) is 12.9. The number of furan rings is 1. The van der Waals surface area contributed by atoms with Gasteiger partial charge in [-0.25, -0.2) is 4.98 Å². The zero-order valence-electron chi connectivity index (χ0n) is 12.9. The Morgan fingerprint density at radius 1 is 1.42 bits per heavy atom. The van der Waals surface area contributed by atoms with E-state index in [4.69, 9.17) is 9.15 Å². The van der Waals surface area contributed by atoms with E-state index in [1.165, 1.54) is 18.9 Å². The van der Waals surface area contributed by atoms with Crippen molar-refractivity contribution >= 4 is 11.5 Å². The van der Waals surface area contributed by atoms with Crippen LogP contribution in [0.5, 0.6) is 5.75 Å². The van der Waals surface area contributed by atoms with E-state index in [-0.39, 0.29) is 17.4 Å². The van der Waals surface area contributed by atoms with E-state index >= 15 is 0 Å². The van der Waals surface area contributed by atoms with Crippen molar-refractivity contribution in [2.75, 3.05) is 7.11 Å². The number of carbonyl (C=O) groups excluding carboxylic acids is 1. The van der Waals surface area contributed by atoms with Crippen LogP contribution in [0, 0.1) is 0 Å². The van der Waals surface area contributed by atoms with Gasteiger partial charge in [0.25, 0.3) is 0 Å². The van der Waals surface area contributed by atoms with Gasteiger partial charge in [-0.1, -0.05) is 12.1 Å². The first-order chi connectivity index (χ1) is 11.7. The highest BCUT2D eigenvalue weighted by Gasteiger charge is 2.15. The molecule has 7 heteroatoms. The van der Waals surface area contributed by atoms with Gasteiger partial charge in [0.15, 0.2) is 11.5 Å². The number of methoxy groups -OCH3 is 1. The molecule has 0 aliphatic rings. The maximum atomic E-state index is 12.4. The van der Waals surface area contributed by atoms with E-state index in [2.05, 4.69) is 15.2 Å². The van der Waals surface area contributed by atoms with Gasteiger partial charge in [0.2, 0.25) is 5.82 Å². The van der Waals surface area contributed by atoms with E-state index in [1.54, 1.807) is 7.11 Å². The topological polar surface area (TPSA) is 101 Å². The summed E-state index contributed by atoms with van der Waals surface area (Å²) in [4.78, 5) is 16.1. The summed E-state index contributed by atoms with van der Waals surface area (Å²) in [7, 11) is 1.60. The summed E-state index contributed by atoms with van der Waals surface area (Å²) in [6.07, 6.45) is 5.77. The lowest BCUT2D eigenvalue weighted by Gasteiger charge is -2.04. The van der Waals surface area contributed by atoms with Crippen molar-refractivity contribution in [1.29, 1.82) is 0 Å². The van der Waals surface area contributed by atoms with E-state index in [0.717, 1.165) is 17.4 Å². The van der Waals surface area contributed by atoms with Crippen LogP contribution in [0.25, 0.3) is 5.76 Å². The Kier molecular flexibility index (Phi) is 4.42. The van der Waals surface area contributed by atoms with Crippen LogP contribution in [-0.4, -0.2) is 33.2 Å². The molecule has 3 aromatic rings. The number of allylic oxidation sites excluding steroid dienone is 1. The lowest BCUT2D eigenvalue weighted by Crippen LogP contribution is -2.01. The third kappa shape index (κ3) is 3.35. The molecular weight excluding hydrogens is 310 g/mol. The van der Waals surface area contributed by atoms with E-state index in [0.29, 0.717) is 17.5 Å². The summed E-state index contributed by atoms with van der Waals surface area (Å²) in [6.45, 7) is 0.